The van der Waals surface area contributed by atoms with Crippen molar-refractivity contribution in [1.82, 2.24) is 0 Å². The Labute approximate surface area is 121 Å². The SMILES string of the molecule is OC(COc1ccccc1I)Cc1ccccc1. The Morgan fingerprint density at radius 2 is 1.67 bits per heavy atom. The highest BCUT2D eigenvalue weighted by Crippen LogP contribution is 2.19. The standard InChI is InChI=1S/C15H15IO2/c16-14-8-4-5-9-15(14)18-11-13(17)10-12-6-2-1-3-7-12/h1-9,13,17H,10-11H2. The second kappa shape index (κ2) is 6.75. The molecule has 0 spiro atoms. The molecule has 1 unspecified atom stereocenters. The molecule has 18 heavy (non-hydrogen) atoms. The second-order valence-electron chi connectivity index (χ2n) is 4.08. The summed E-state index contributed by atoms with van der Waals surface area (Å²) in [6.45, 7) is 0.314. The maximum atomic E-state index is 9.93. The van der Waals surface area contributed by atoms with Crippen molar-refractivity contribution in [2.45, 2.75) is 12.5 Å². The van der Waals surface area contributed by atoms with Crippen LogP contribution < -0.4 is 4.74 Å². The van der Waals surface area contributed by atoms with Crippen LogP contribution in [0.25, 0.3) is 0 Å². The van der Waals surface area contributed by atoms with E-state index in [4.69, 9.17) is 4.74 Å². The summed E-state index contributed by atoms with van der Waals surface area (Å²) < 4.78 is 6.67. The lowest BCUT2D eigenvalue weighted by Crippen LogP contribution is -2.20. The first-order valence-corrected chi connectivity index (χ1v) is 6.93. The molecule has 0 aliphatic carbocycles. The van der Waals surface area contributed by atoms with Crippen LogP contribution in [0, 0.1) is 3.57 Å². The normalized spacial score (nSPS) is 12.1. The number of aliphatic hydroxyl groups is 1. The van der Waals surface area contributed by atoms with Gasteiger partial charge in [0, 0.05) is 6.42 Å². The molecule has 0 aliphatic heterocycles. The second-order valence-corrected chi connectivity index (χ2v) is 5.25. The van der Waals surface area contributed by atoms with Crippen molar-refractivity contribution >= 4 is 22.6 Å². The summed E-state index contributed by atoms with van der Waals surface area (Å²) in [6, 6.07) is 17.7. The quantitative estimate of drug-likeness (QED) is 0.836. The van der Waals surface area contributed by atoms with Gasteiger partial charge in [-0.25, -0.2) is 0 Å². The van der Waals surface area contributed by atoms with Gasteiger partial charge in [0.05, 0.1) is 9.67 Å². The number of hydrogen-bond donors (Lipinski definition) is 1. The molecule has 1 atom stereocenters. The highest BCUT2D eigenvalue weighted by molar-refractivity contribution is 14.1. The van der Waals surface area contributed by atoms with E-state index in [-0.39, 0.29) is 0 Å². The van der Waals surface area contributed by atoms with E-state index in [1.54, 1.807) is 0 Å². The lowest BCUT2D eigenvalue weighted by molar-refractivity contribution is 0.107. The minimum absolute atomic E-state index is 0.314. The zero-order chi connectivity index (χ0) is 12.8. The molecule has 0 aromatic heterocycles. The van der Waals surface area contributed by atoms with Crippen LogP contribution in [-0.2, 0) is 6.42 Å². The van der Waals surface area contributed by atoms with Gasteiger partial charge in [-0.2, -0.15) is 0 Å². The Morgan fingerprint density at radius 1 is 1.00 bits per heavy atom. The van der Waals surface area contributed by atoms with E-state index >= 15 is 0 Å². The number of para-hydroxylation sites is 1. The smallest absolute Gasteiger partial charge is 0.132 e. The molecule has 2 aromatic rings. The van der Waals surface area contributed by atoms with E-state index < -0.39 is 6.10 Å². The number of rotatable bonds is 5. The van der Waals surface area contributed by atoms with Gasteiger partial charge in [0.15, 0.2) is 0 Å². The van der Waals surface area contributed by atoms with Crippen molar-refractivity contribution in [2.24, 2.45) is 0 Å². The van der Waals surface area contributed by atoms with Crippen LogP contribution in [-0.4, -0.2) is 17.8 Å². The van der Waals surface area contributed by atoms with Gasteiger partial charge in [-0.1, -0.05) is 42.5 Å². The lowest BCUT2D eigenvalue weighted by atomic mass is 10.1. The molecule has 0 aliphatic rings. The third-order valence-electron chi connectivity index (χ3n) is 2.58. The molecule has 0 radical (unpaired) electrons. The van der Waals surface area contributed by atoms with Crippen LogP contribution in [0.1, 0.15) is 5.56 Å². The van der Waals surface area contributed by atoms with E-state index in [2.05, 4.69) is 22.6 Å². The maximum absolute atomic E-state index is 9.93. The molecule has 0 bridgehead atoms. The average molecular weight is 354 g/mol. The fourth-order valence-corrected chi connectivity index (χ4v) is 2.24. The molecule has 0 heterocycles. The van der Waals surface area contributed by atoms with Crippen molar-refractivity contribution in [1.29, 1.82) is 0 Å². The molecule has 94 valence electrons. The first-order valence-electron chi connectivity index (χ1n) is 5.85. The monoisotopic (exact) mass is 354 g/mol. The van der Waals surface area contributed by atoms with E-state index in [1.807, 2.05) is 54.6 Å². The van der Waals surface area contributed by atoms with E-state index in [0.717, 1.165) is 14.9 Å². The number of aliphatic hydroxyl groups excluding tert-OH is 1. The number of hydrogen-bond acceptors (Lipinski definition) is 2. The number of benzene rings is 2. The van der Waals surface area contributed by atoms with Crippen LogP contribution in [0.15, 0.2) is 54.6 Å². The van der Waals surface area contributed by atoms with Crippen molar-refractivity contribution in [2.75, 3.05) is 6.61 Å². The minimum atomic E-state index is -0.483. The zero-order valence-corrected chi connectivity index (χ0v) is 12.1. The Morgan fingerprint density at radius 3 is 2.39 bits per heavy atom. The molecule has 0 amide bonds. The Balaban J connectivity index is 1.86. The van der Waals surface area contributed by atoms with Gasteiger partial charge in [0.2, 0.25) is 0 Å². The summed E-state index contributed by atoms with van der Waals surface area (Å²) in [5.74, 6) is 0.824. The van der Waals surface area contributed by atoms with Crippen molar-refractivity contribution in [3.8, 4) is 5.75 Å². The maximum Gasteiger partial charge on any atom is 0.132 e. The van der Waals surface area contributed by atoms with E-state index in [0.29, 0.717) is 13.0 Å². The Hall–Kier alpha value is -1.07. The van der Waals surface area contributed by atoms with Gasteiger partial charge in [-0.15, -0.1) is 0 Å². The molecule has 0 saturated heterocycles. The van der Waals surface area contributed by atoms with Gasteiger partial charge in [-0.3, -0.25) is 0 Å². The van der Waals surface area contributed by atoms with E-state index in [1.165, 1.54) is 0 Å². The minimum Gasteiger partial charge on any atom is -0.490 e. The van der Waals surface area contributed by atoms with Gasteiger partial charge in [0.1, 0.15) is 12.4 Å². The predicted molar refractivity (Wildman–Crippen MR) is 80.8 cm³/mol. The topological polar surface area (TPSA) is 29.5 Å². The summed E-state index contributed by atoms with van der Waals surface area (Å²) in [5.41, 5.74) is 1.12. The summed E-state index contributed by atoms with van der Waals surface area (Å²) >= 11 is 2.22. The zero-order valence-electron chi connectivity index (χ0n) is 9.92. The lowest BCUT2D eigenvalue weighted by Gasteiger charge is -2.13. The van der Waals surface area contributed by atoms with Gasteiger partial charge in [0.25, 0.3) is 0 Å². The van der Waals surface area contributed by atoms with Crippen LogP contribution in [0.4, 0.5) is 0 Å². The fourth-order valence-electron chi connectivity index (χ4n) is 1.69. The molecular formula is C15H15IO2. The first-order chi connectivity index (χ1) is 8.75. The third kappa shape index (κ3) is 3.99. The number of ether oxygens (including phenoxy) is 1. The van der Waals surface area contributed by atoms with Crippen molar-refractivity contribution < 1.29 is 9.84 Å². The molecule has 1 N–H and O–H groups in total. The van der Waals surface area contributed by atoms with Gasteiger partial charge < -0.3 is 9.84 Å². The molecule has 3 heteroatoms. The largest absolute Gasteiger partial charge is 0.490 e. The van der Waals surface area contributed by atoms with Crippen LogP contribution in [0.3, 0.4) is 0 Å². The number of halogens is 1. The van der Waals surface area contributed by atoms with Crippen molar-refractivity contribution in [3.63, 3.8) is 0 Å². The van der Waals surface area contributed by atoms with Crippen LogP contribution >= 0.6 is 22.6 Å². The highest BCUT2D eigenvalue weighted by Gasteiger charge is 2.07. The Bertz CT molecular complexity index is 485. The highest BCUT2D eigenvalue weighted by atomic mass is 127. The van der Waals surface area contributed by atoms with Crippen LogP contribution in [0.5, 0.6) is 5.75 Å². The summed E-state index contributed by atoms with van der Waals surface area (Å²) in [6.07, 6.45) is 0.132. The van der Waals surface area contributed by atoms with Crippen molar-refractivity contribution in [3.05, 3.63) is 63.7 Å². The molecule has 2 nitrogen and oxygen atoms in total. The average Bonchev–Trinajstić information content (AvgIpc) is 2.39. The molecule has 2 rings (SSSR count). The van der Waals surface area contributed by atoms with Gasteiger partial charge >= 0.3 is 0 Å². The van der Waals surface area contributed by atoms with E-state index in [9.17, 15) is 5.11 Å². The van der Waals surface area contributed by atoms with Crippen LogP contribution in [0.2, 0.25) is 0 Å². The third-order valence-corrected chi connectivity index (χ3v) is 3.47. The first kappa shape index (κ1) is 13.4. The van der Waals surface area contributed by atoms with Gasteiger partial charge in [-0.05, 0) is 40.3 Å². The molecule has 2 aromatic carbocycles. The summed E-state index contributed by atoms with van der Waals surface area (Å²) in [7, 11) is 0. The molecular weight excluding hydrogens is 339 g/mol. The summed E-state index contributed by atoms with van der Waals surface area (Å²) in [4.78, 5) is 0. The fraction of sp³-hybridized carbons (Fsp3) is 0.200. The Kier molecular flexibility index (Phi) is 5.01. The molecule has 0 saturated carbocycles. The molecule has 0 fully saturated rings. The predicted octanol–water partition coefficient (Wildman–Crippen LogP) is 3.27. The summed E-state index contributed by atoms with van der Waals surface area (Å²) in [5, 5.41) is 9.93.